The van der Waals surface area contributed by atoms with Crippen molar-refractivity contribution in [3.05, 3.63) is 101 Å². The Morgan fingerprint density at radius 2 is 1.71 bits per heavy atom. The molecule has 1 aromatic heterocycles. The van der Waals surface area contributed by atoms with Crippen molar-refractivity contribution in [3.63, 3.8) is 0 Å². The van der Waals surface area contributed by atoms with E-state index in [0.717, 1.165) is 22.1 Å². The summed E-state index contributed by atoms with van der Waals surface area (Å²) in [5.41, 5.74) is 7.58. The molecule has 0 spiro atoms. The molecule has 2 N–H and O–H groups in total. The molecule has 0 aliphatic carbocycles. The Hall–Kier alpha value is -3.84. The average Bonchev–Trinajstić information content (AvgIpc) is 3.25. The highest BCUT2D eigenvalue weighted by Gasteiger charge is 2.08. The summed E-state index contributed by atoms with van der Waals surface area (Å²) in [4.78, 5) is 16.9. The number of hydrazone groups is 1. The van der Waals surface area contributed by atoms with E-state index in [0.29, 0.717) is 11.1 Å². The van der Waals surface area contributed by atoms with Crippen molar-refractivity contribution in [2.24, 2.45) is 5.10 Å². The van der Waals surface area contributed by atoms with Crippen molar-refractivity contribution in [1.29, 1.82) is 0 Å². The van der Waals surface area contributed by atoms with Gasteiger partial charge in [0.2, 0.25) is 0 Å². The summed E-state index contributed by atoms with van der Waals surface area (Å²) >= 11 is 1.52. The van der Waals surface area contributed by atoms with Crippen molar-refractivity contribution in [1.82, 2.24) is 10.4 Å². The molecule has 0 atom stereocenters. The van der Waals surface area contributed by atoms with Crippen LogP contribution in [0.25, 0.3) is 11.3 Å². The van der Waals surface area contributed by atoms with Gasteiger partial charge < -0.3 is 5.32 Å². The van der Waals surface area contributed by atoms with Crippen molar-refractivity contribution in [2.75, 3.05) is 5.32 Å². The normalized spacial score (nSPS) is 10.9. The van der Waals surface area contributed by atoms with Crippen LogP contribution in [0.4, 0.5) is 15.2 Å². The topological polar surface area (TPSA) is 66.4 Å². The van der Waals surface area contributed by atoms with Crippen molar-refractivity contribution < 1.29 is 9.18 Å². The summed E-state index contributed by atoms with van der Waals surface area (Å²) in [5, 5.41) is 9.98. The molecule has 4 rings (SSSR count). The highest BCUT2D eigenvalue weighted by atomic mass is 32.1. The lowest BCUT2D eigenvalue weighted by Gasteiger charge is -2.03. The van der Waals surface area contributed by atoms with E-state index >= 15 is 0 Å². The molecule has 0 radical (unpaired) electrons. The second-order valence-corrected chi connectivity index (χ2v) is 7.72. The Labute approximate surface area is 183 Å². The summed E-state index contributed by atoms with van der Waals surface area (Å²) in [6.07, 6.45) is 1.46. The monoisotopic (exact) mass is 430 g/mol. The van der Waals surface area contributed by atoms with Gasteiger partial charge in [0.15, 0.2) is 5.13 Å². The predicted molar refractivity (Wildman–Crippen MR) is 123 cm³/mol. The van der Waals surface area contributed by atoms with E-state index < -0.39 is 0 Å². The molecule has 0 saturated carbocycles. The number of nitrogens with one attached hydrogen (secondary N) is 2. The van der Waals surface area contributed by atoms with Gasteiger partial charge in [-0.05, 0) is 48.9 Å². The number of nitrogens with zero attached hydrogens (tertiary/aromatic N) is 2. The fraction of sp³-hybridized carbons (Fsp3) is 0.0417. The third-order valence-electron chi connectivity index (χ3n) is 4.50. The molecule has 0 saturated heterocycles. The van der Waals surface area contributed by atoms with Crippen LogP contribution in [0.1, 0.15) is 21.5 Å². The molecule has 0 aliphatic heterocycles. The van der Waals surface area contributed by atoms with E-state index in [4.69, 9.17) is 0 Å². The first-order chi connectivity index (χ1) is 15.1. The summed E-state index contributed by atoms with van der Waals surface area (Å²) in [5.74, 6) is -0.649. The molecule has 0 unspecified atom stereocenters. The number of amides is 1. The fourth-order valence-corrected chi connectivity index (χ4v) is 3.54. The molecule has 0 aliphatic rings. The quantitative estimate of drug-likeness (QED) is 0.302. The summed E-state index contributed by atoms with van der Waals surface area (Å²) in [6, 6.07) is 21.1. The smallest absolute Gasteiger partial charge is 0.271 e. The van der Waals surface area contributed by atoms with E-state index in [1.54, 1.807) is 24.3 Å². The van der Waals surface area contributed by atoms with Crippen LogP contribution in [0.2, 0.25) is 0 Å². The maximum absolute atomic E-state index is 12.9. The molecular formula is C24H19FN4OS. The number of hydrogen-bond acceptors (Lipinski definition) is 5. The van der Waals surface area contributed by atoms with Crippen molar-refractivity contribution in [2.45, 2.75) is 6.92 Å². The van der Waals surface area contributed by atoms with E-state index in [-0.39, 0.29) is 11.7 Å². The van der Waals surface area contributed by atoms with Crippen LogP contribution in [-0.4, -0.2) is 17.1 Å². The van der Waals surface area contributed by atoms with Crippen LogP contribution < -0.4 is 10.7 Å². The minimum atomic E-state index is -0.329. The van der Waals surface area contributed by atoms with Gasteiger partial charge in [-0.3, -0.25) is 4.79 Å². The number of aromatic nitrogens is 1. The molecule has 1 heterocycles. The first-order valence-corrected chi connectivity index (χ1v) is 10.4. The van der Waals surface area contributed by atoms with Gasteiger partial charge in [-0.15, -0.1) is 11.3 Å². The molecule has 31 heavy (non-hydrogen) atoms. The number of hydrogen-bond donors (Lipinski definition) is 2. The zero-order valence-corrected chi connectivity index (χ0v) is 17.5. The highest BCUT2D eigenvalue weighted by Crippen LogP contribution is 2.27. The Balaban J connectivity index is 1.37. The first-order valence-electron chi connectivity index (χ1n) is 9.55. The van der Waals surface area contributed by atoms with Gasteiger partial charge in [0.1, 0.15) is 5.82 Å². The van der Waals surface area contributed by atoms with Crippen LogP contribution in [0.5, 0.6) is 0 Å². The van der Waals surface area contributed by atoms with Crippen LogP contribution in [0.3, 0.4) is 0 Å². The van der Waals surface area contributed by atoms with Crippen LogP contribution in [0.15, 0.2) is 83.3 Å². The Morgan fingerprint density at radius 1 is 1.00 bits per heavy atom. The number of carbonyl (C=O) groups is 1. The number of anilines is 2. The maximum Gasteiger partial charge on any atom is 0.271 e. The lowest BCUT2D eigenvalue weighted by molar-refractivity contribution is 0.0955. The van der Waals surface area contributed by atoms with Gasteiger partial charge in [-0.2, -0.15) is 5.10 Å². The average molecular weight is 431 g/mol. The molecule has 1 amide bonds. The van der Waals surface area contributed by atoms with E-state index in [1.165, 1.54) is 35.2 Å². The van der Waals surface area contributed by atoms with Crippen LogP contribution in [0, 0.1) is 12.7 Å². The second-order valence-electron chi connectivity index (χ2n) is 6.86. The zero-order chi connectivity index (χ0) is 21.6. The third-order valence-corrected chi connectivity index (χ3v) is 5.26. The minimum Gasteiger partial charge on any atom is -0.332 e. The van der Waals surface area contributed by atoms with Crippen LogP contribution >= 0.6 is 11.3 Å². The Bertz CT molecular complexity index is 1200. The zero-order valence-electron chi connectivity index (χ0n) is 16.7. The van der Waals surface area contributed by atoms with Crippen molar-refractivity contribution in [3.8, 4) is 11.3 Å². The molecule has 3 aromatic carbocycles. The van der Waals surface area contributed by atoms with Crippen LogP contribution in [-0.2, 0) is 0 Å². The van der Waals surface area contributed by atoms with Gasteiger partial charge in [0.05, 0.1) is 11.9 Å². The fourth-order valence-electron chi connectivity index (χ4n) is 2.80. The number of rotatable bonds is 6. The number of carbonyl (C=O) groups excluding carboxylic acids is 1. The van der Waals surface area contributed by atoms with Gasteiger partial charge >= 0.3 is 0 Å². The molecule has 4 aromatic rings. The Morgan fingerprint density at radius 3 is 2.42 bits per heavy atom. The molecular weight excluding hydrogens is 411 g/mol. The van der Waals surface area contributed by atoms with Gasteiger partial charge in [0.25, 0.3) is 5.91 Å². The number of aryl methyl sites for hydroxylation is 1. The molecule has 5 nitrogen and oxygen atoms in total. The van der Waals surface area contributed by atoms with Crippen molar-refractivity contribution >= 4 is 34.3 Å². The molecule has 154 valence electrons. The SMILES string of the molecule is Cc1ccc(Nc2nc(-c3ccc(C(=O)N/N=C\c4ccc(F)cc4)cc3)cs2)cc1. The van der Waals surface area contributed by atoms with E-state index in [9.17, 15) is 9.18 Å². The molecule has 7 heteroatoms. The standard InChI is InChI=1S/C24H19FN4OS/c1-16-2-12-21(13-3-16)27-24-28-22(15-31-24)18-6-8-19(9-7-18)23(30)29-26-14-17-4-10-20(25)11-5-17/h2-15H,1H3,(H,27,28)(H,29,30)/b26-14-. The van der Waals surface area contributed by atoms with Gasteiger partial charge in [-0.1, -0.05) is 42.0 Å². The minimum absolute atomic E-state index is 0.320. The van der Waals surface area contributed by atoms with E-state index in [1.807, 2.05) is 48.7 Å². The highest BCUT2D eigenvalue weighted by molar-refractivity contribution is 7.14. The van der Waals surface area contributed by atoms with Gasteiger partial charge in [-0.25, -0.2) is 14.8 Å². The first kappa shape index (κ1) is 20.4. The molecule has 0 bridgehead atoms. The van der Waals surface area contributed by atoms with E-state index in [2.05, 4.69) is 20.8 Å². The Kier molecular flexibility index (Phi) is 6.14. The largest absolute Gasteiger partial charge is 0.332 e. The van der Waals surface area contributed by atoms with Gasteiger partial charge in [0, 0.05) is 22.2 Å². The summed E-state index contributed by atoms with van der Waals surface area (Å²) < 4.78 is 12.9. The number of benzene rings is 3. The maximum atomic E-state index is 12.9. The third kappa shape index (κ3) is 5.40. The lowest BCUT2D eigenvalue weighted by atomic mass is 10.1. The summed E-state index contributed by atoms with van der Waals surface area (Å²) in [7, 11) is 0. The predicted octanol–water partition coefficient (Wildman–Crippen LogP) is 5.77. The number of thiazole rings is 1. The summed E-state index contributed by atoms with van der Waals surface area (Å²) in [6.45, 7) is 2.05. The second kappa shape index (κ2) is 9.32. The lowest BCUT2D eigenvalue weighted by Crippen LogP contribution is -2.17. The number of halogens is 1. The molecule has 0 fully saturated rings.